The number of benzene rings is 1. The minimum absolute atomic E-state index is 0.216. The average Bonchev–Trinajstić information content (AvgIpc) is 2.71. The van der Waals surface area contributed by atoms with Crippen molar-refractivity contribution in [1.82, 2.24) is 5.09 Å². The Morgan fingerprint density at radius 3 is 2.75 bits per heavy atom. The Balaban J connectivity index is 2.06. The molecule has 0 radical (unpaired) electrons. The van der Waals surface area contributed by atoms with Crippen molar-refractivity contribution in [3.63, 3.8) is 0 Å². The van der Waals surface area contributed by atoms with E-state index in [1.807, 2.05) is 6.92 Å². The summed E-state index contributed by atoms with van der Waals surface area (Å²) in [6.45, 7) is 4.53. The summed E-state index contributed by atoms with van der Waals surface area (Å²) in [4.78, 5) is 11.4. The van der Waals surface area contributed by atoms with Crippen molar-refractivity contribution < 1.29 is 18.8 Å². The zero-order valence-corrected chi connectivity index (χ0v) is 12.3. The molecular weight excluding hydrogens is 281 g/mol. The van der Waals surface area contributed by atoms with Crippen LogP contribution >= 0.6 is 7.59 Å². The van der Waals surface area contributed by atoms with E-state index in [9.17, 15) is 9.36 Å². The highest BCUT2D eigenvalue weighted by molar-refractivity contribution is 7.66. The van der Waals surface area contributed by atoms with Crippen molar-refractivity contribution in [2.24, 2.45) is 0 Å². The molecule has 0 bridgehead atoms. The molecule has 1 atom stereocenters. The second-order valence-corrected chi connectivity index (χ2v) is 6.11. The molecule has 20 heavy (non-hydrogen) atoms. The van der Waals surface area contributed by atoms with Crippen molar-refractivity contribution in [2.45, 2.75) is 20.3 Å². The Kier molecular flexibility index (Phi) is 4.39. The second-order valence-electron chi connectivity index (χ2n) is 4.22. The SMILES string of the molecule is CCCOc1ccc2c(c1)NP(=O)(NC(=O)OCC)N2. The first-order chi connectivity index (χ1) is 9.56. The summed E-state index contributed by atoms with van der Waals surface area (Å²) < 4.78 is 22.6. The minimum atomic E-state index is -3.26. The summed E-state index contributed by atoms with van der Waals surface area (Å²) in [6.07, 6.45) is 0.178. The lowest BCUT2D eigenvalue weighted by molar-refractivity contribution is 0.158. The lowest BCUT2D eigenvalue weighted by Crippen LogP contribution is -2.25. The van der Waals surface area contributed by atoms with E-state index in [0.717, 1.165) is 6.42 Å². The standard InChI is InChI=1S/C12H18N3O4P/c1-3-7-19-9-5-6-10-11(8-9)14-20(17,13-10)15-12(16)18-4-2/h5-6,8H,3-4,7H2,1-2H3,(H3,13,14,15,16,17). The third-order valence-corrected chi connectivity index (χ3v) is 4.15. The molecule has 1 aliphatic heterocycles. The summed E-state index contributed by atoms with van der Waals surface area (Å²) in [7, 11) is -3.26. The number of anilines is 2. The van der Waals surface area contributed by atoms with Crippen LogP contribution in [0.3, 0.4) is 0 Å². The van der Waals surface area contributed by atoms with E-state index in [1.54, 1.807) is 25.1 Å². The maximum atomic E-state index is 12.4. The number of nitrogens with one attached hydrogen (secondary N) is 3. The van der Waals surface area contributed by atoms with Crippen LogP contribution in [0.15, 0.2) is 18.2 Å². The summed E-state index contributed by atoms with van der Waals surface area (Å²) in [6, 6.07) is 5.27. The van der Waals surface area contributed by atoms with Crippen LogP contribution in [0.2, 0.25) is 0 Å². The van der Waals surface area contributed by atoms with Crippen LogP contribution in [-0.2, 0) is 9.30 Å². The first kappa shape index (κ1) is 14.5. The molecule has 1 aromatic rings. The van der Waals surface area contributed by atoms with Gasteiger partial charge in [0.1, 0.15) is 5.75 Å². The Morgan fingerprint density at radius 1 is 1.30 bits per heavy atom. The van der Waals surface area contributed by atoms with Crippen LogP contribution in [0.1, 0.15) is 20.3 Å². The van der Waals surface area contributed by atoms with E-state index in [4.69, 9.17) is 9.47 Å². The van der Waals surface area contributed by atoms with Crippen LogP contribution in [-0.4, -0.2) is 19.3 Å². The molecule has 1 amide bonds. The van der Waals surface area contributed by atoms with Crippen molar-refractivity contribution in [1.29, 1.82) is 0 Å². The Bertz CT molecular complexity index is 550. The van der Waals surface area contributed by atoms with Gasteiger partial charge in [-0.15, -0.1) is 0 Å². The van der Waals surface area contributed by atoms with E-state index in [-0.39, 0.29) is 6.61 Å². The molecule has 0 fully saturated rings. The summed E-state index contributed by atoms with van der Waals surface area (Å²) in [5.74, 6) is 0.685. The van der Waals surface area contributed by atoms with Gasteiger partial charge < -0.3 is 19.6 Å². The fourth-order valence-corrected chi connectivity index (χ4v) is 3.29. The molecule has 0 aliphatic carbocycles. The number of rotatable bonds is 5. The Morgan fingerprint density at radius 2 is 2.05 bits per heavy atom. The predicted molar refractivity (Wildman–Crippen MR) is 77.2 cm³/mol. The molecule has 1 aliphatic rings. The van der Waals surface area contributed by atoms with Crippen LogP contribution < -0.4 is 20.0 Å². The molecule has 2 rings (SSSR count). The molecule has 1 unspecified atom stereocenters. The fourth-order valence-electron chi connectivity index (χ4n) is 1.74. The van der Waals surface area contributed by atoms with Crippen molar-refractivity contribution in [3.8, 4) is 5.75 Å². The van der Waals surface area contributed by atoms with E-state index >= 15 is 0 Å². The van der Waals surface area contributed by atoms with Crippen LogP contribution in [0.5, 0.6) is 5.75 Å². The maximum absolute atomic E-state index is 12.4. The quantitative estimate of drug-likeness (QED) is 0.724. The highest BCUT2D eigenvalue weighted by atomic mass is 31.2. The molecule has 1 heterocycles. The molecule has 1 aromatic carbocycles. The van der Waals surface area contributed by atoms with Gasteiger partial charge in [0, 0.05) is 6.07 Å². The maximum Gasteiger partial charge on any atom is 0.415 e. The molecule has 3 N–H and O–H groups in total. The van der Waals surface area contributed by atoms with Crippen molar-refractivity contribution in [2.75, 3.05) is 23.4 Å². The average molecular weight is 299 g/mol. The van der Waals surface area contributed by atoms with Gasteiger partial charge in [0.2, 0.25) is 0 Å². The van der Waals surface area contributed by atoms with Gasteiger partial charge in [-0.1, -0.05) is 6.92 Å². The molecule has 110 valence electrons. The number of hydrogen-bond acceptors (Lipinski definition) is 4. The number of amides is 1. The molecule has 0 saturated heterocycles. The van der Waals surface area contributed by atoms with Crippen molar-refractivity contribution >= 4 is 25.1 Å². The number of carbonyl (C=O) groups excluding carboxylic acids is 1. The fraction of sp³-hybridized carbons (Fsp3) is 0.417. The van der Waals surface area contributed by atoms with Gasteiger partial charge in [-0.25, -0.2) is 9.88 Å². The lowest BCUT2D eigenvalue weighted by Gasteiger charge is -2.13. The van der Waals surface area contributed by atoms with E-state index < -0.39 is 13.7 Å². The highest BCUT2D eigenvalue weighted by Gasteiger charge is 2.33. The predicted octanol–water partition coefficient (Wildman–Crippen LogP) is 3.17. The minimum Gasteiger partial charge on any atom is -0.494 e. The molecule has 8 heteroatoms. The third-order valence-electron chi connectivity index (χ3n) is 2.54. The van der Waals surface area contributed by atoms with Gasteiger partial charge in [-0.05, 0) is 25.5 Å². The van der Waals surface area contributed by atoms with Gasteiger partial charge in [0.15, 0.2) is 0 Å². The summed E-state index contributed by atoms with van der Waals surface area (Å²) in [5, 5.41) is 7.83. The Labute approximate surface area is 117 Å². The number of ether oxygens (including phenoxy) is 2. The first-order valence-corrected chi connectivity index (χ1v) is 8.15. The molecule has 0 saturated carbocycles. The molecule has 7 nitrogen and oxygen atoms in total. The van der Waals surface area contributed by atoms with E-state index in [2.05, 4.69) is 15.3 Å². The second kappa shape index (κ2) is 6.05. The molecule has 0 spiro atoms. The summed E-state index contributed by atoms with van der Waals surface area (Å²) >= 11 is 0. The normalized spacial score (nSPS) is 19.5. The van der Waals surface area contributed by atoms with Crippen LogP contribution in [0.25, 0.3) is 0 Å². The topological polar surface area (TPSA) is 88.7 Å². The van der Waals surface area contributed by atoms with Crippen LogP contribution in [0.4, 0.5) is 16.2 Å². The zero-order valence-electron chi connectivity index (χ0n) is 11.4. The number of carbonyl (C=O) groups is 1. The zero-order chi connectivity index (χ0) is 14.6. The first-order valence-electron chi connectivity index (χ1n) is 6.45. The lowest BCUT2D eigenvalue weighted by atomic mass is 10.2. The molecular formula is C12H18N3O4P. The smallest absolute Gasteiger partial charge is 0.415 e. The van der Waals surface area contributed by atoms with Gasteiger partial charge in [-0.3, -0.25) is 4.57 Å². The number of hydrogen-bond donors (Lipinski definition) is 3. The largest absolute Gasteiger partial charge is 0.494 e. The number of fused-ring (bicyclic) bond motifs is 1. The third kappa shape index (κ3) is 3.36. The van der Waals surface area contributed by atoms with Gasteiger partial charge in [-0.2, -0.15) is 0 Å². The highest BCUT2D eigenvalue weighted by Crippen LogP contribution is 2.51. The van der Waals surface area contributed by atoms with Gasteiger partial charge in [0.05, 0.1) is 24.6 Å². The van der Waals surface area contributed by atoms with E-state index in [1.165, 1.54) is 0 Å². The van der Waals surface area contributed by atoms with Crippen LogP contribution in [0, 0.1) is 0 Å². The monoisotopic (exact) mass is 299 g/mol. The van der Waals surface area contributed by atoms with E-state index in [0.29, 0.717) is 23.7 Å². The van der Waals surface area contributed by atoms with Crippen molar-refractivity contribution in [3.05, 3.63) is 18.2 Å². The summed E-state index contributed by atoms with van der Waals surface area (Å²) in [5.41, 5.74) is 1.27. The Hall–Kier alpha value is -1.88. The van der Waals surface area contributed by atoms with Gasteiger partial charge >= 0.3 is 13.7 Å². The van der Waals surface area contributed by atoms with Gasteiger partial charge in [0.25, 0.3) is 0 Å². The molecule has 0 aromatic heterocycles.